The fraction of sp³-hybridized carbons (Fsp3) is 0.0192. The van der Waals surface area contributed by atoms with Crippen molar-refractivity contribution in [1.29, 1.82) is 0 Å². The lowest BCUT2D eigenvalue weighted by Gasteiger charge is -2.32. The Morgan fingerprint density at radius 1 is 0.407 bits per heavy atom. The zero-order valence-electron chi connectivity index (χ0n) is 29.4. The van der Waals surface area contributed by atoms with Crippen molar-refractivity contribution >= 4 is 32.4 Å². The maximum atomic E-state index is 2.55. The molecule has 0 amide bonds. The number of hydrogen-bond acceptors (Lipinski definition) is 0. The van der Waals surface area contributed by atoms with Gasteiger partial charge in [-0.05, 0) is 108 Å². The number of aromatic nitrogens is 2. The van der Waals surface area contributed by atoms with E-state index in [0.29, 0.717) is 0 Å². The van der Waals surface area contributed by atoms with Crippen LogP contribution in [0.4, 0.5) is 0 Å². The summed E-state index contributed by atoms with van der Waals surface area (Å²) in [6.45, 7) is 0. The van der Waals surface area contributed by atoms with Crippen LogP contribution < -0.4 is 4.68 Å². The first-order chi connectivity index (χ1) is 26.8. The Hall–Kier alpha value is -7.03. The van der Waals surface area contributed by atoms with E-state index in [0.717, 1.165) is 16.9 Å². The van der Waals surface area contributed by atoms with Gasteiger partial charge < -0.3 is 0 Å². The highest BCUT2D eigenvalue weighted by Crippen LogP contribution is 2.65. The quantitative estimate of drug-likeness (QED) is 0.164. The fourth-order valence-electron chi connectivity index (χ4n) is 9.95. The van der Waals surface area contributed by atoms with Crippen molar-refractivity contribution in [3.05, 3.63) is 223 Å². The topological polar surface area (TPSA) is 8.81 Å². The molecule has 9 aromatic carbocycles. The van der Waals surface area contributed by atoms with Gasteiger partial charge in [0.05, 0.1) is 10.8 Å². The summed E-state index contributed by atoms with van der Waals surface area (Å²) in [4.78, 5) is 0. The molecule has 0 fully saturated rings. The average molecular weight is 686 g/mol. The molecule has 0 radical (unpaired) electrons. The van der Waals surface area contributed by atoms with Gasteiger partial charge in [0.15, 0.2) is 0 Å². The summed E-state index contributed by atoms with van der Waals surface area (Å²) in [7, 11) is 0. The smallest absolute Gasteiger partial charge is 0.115 e. The van der Waals surface area contributed by atoms with E-state index in [-0.39, 0.29) is 0 Å². The fourth-order valence-corrected chi connectivity index (χ4v) is 9.95. The van der Waals surface area contributed by atoms with Crippen LogP contribution in [0, 0.1) is 0 Å². The van der Waals surface area contributed by atoms with E-state index in [1.54, 1.807) is 0 Å². The van der Waals surface area contributed by atoms with Crippen LogP contribution in [0.2, 0.25) is 0 Å². The monoisotopic (exact) mass is 685 g/mol. The molecule has 2 heteroatoms. The van der Waals surface area contributed by atoms with Crippen molar-refractivity contribution in [2.24, 2.45) is 0 Å². The van der Waals surface area contributed by atoms with Gasteiger partial charge in [0.25, 0.3) is 0 Å². The van der Waals surface area contributed by atoms with E-state index < -0.39 is 5.41 Å². The second-order valence-electron chi connectivity index (χ2n) is 14.7. The van der Waals surface area contributed by atoms with Crippen LogP contribution in [0.3, 0.4) is 0 Å². The van der Waals surface area contributed by atoms with Crippen LogP contribution in [-0.2, 0) is 5.41 Å². The summed E-state index contributed by atoms with van der Waals surface area (Å²) < 4.78 is 4.62. The summed E-state index contributed by atoms with van der Waals surface area (Å²) in [5, 5.41) is 6.33. The maximum Gasteiger partial charge on any atom is 0.236 e. The molecule has 0 atom stereocenters. The lowest BCUT2D eigenvalue weighted by molar-refractivity contribution is -0.672. The summed E-state index contributed by atoms with van der Waals surface area (Å²) in [6.07, 6.45) is 2.24. The van der Waals surface area contributed by atoms with Gasteiger partial charge in [0.1, 0.15) is 11.2 Å². The molecular weight excluding hydrogens is 653 g/mol. The minimum atomic E-state index is -0.470. The molecule has 10 aromatic rings. The second-order valence-corrected chi connectivity index (χ2v) is 14.7. The molecule has 2 aliphatic carbocycles. The SMILES string of the molecule is c1ccc(-[n+]2cc3ccccc3n2-c2cccc(-c3cc4c(c5ccccc35)-c3ccc5ccccc5c3C43c4ccccc4-c4ccccc43)c2)cc1. The average Bonchev–Trinajstić information content (AvgIpc) is 3.88. The predicted molar refractivity (Wildman–Crippen MR) is 222 cm³/mol. The van der Waals surface area contributed by atoms with E-state index in [9.17, 15) is 0 Å². The minimum Gasteiger partial charge on any atom is -0.115 e. The highest BCUT2D eigenvalue weighted by Gasteiger charge is 2.53. The van der Waals surface area contributed by atoms with Gasteiger partial charge in [-0.15, -0.1) is 4.68 Å². The van der Waals surface area contributed by atoms with Crippen LogP contribution >= 0.6 is 0 Å². The van der Waals surface area contributed by atoms with Crippen molar-refractivity contribution < 1.29 is 4.68 Å². The third kappa shape index (κ3) is 3.81. The summed E-state index contributed by atoms with van der Waals surface area (Å²) in [5.41, 5.74) is 16.2. The zero-order valence-corrected chi connectivity index (χ0v) is 29.4. The number of hydrogen-bond donors (Lipinski definition) is 0. The first kappa shape index (κ1) is 29.5. The van der Waals surface area contributed by atoms with Gasteiger partial charge in [-0.25, -0.2) is 0 Å². The second kappa shape index (κ2) is 11.0. The van der Waals surface area contributed by atoms with Gasteiger partial charge >= 0.3 is 0 Å². The van der Waals surface area contributed by atoms with Gasteiger partial charge in [0.2, 0.25) is 11.9 Å². The largest absolute Gasteiger partial charge is 0.236 e. The molecule has 1 aromatic heterocycles. The highest BCUT2D eigenvalue weighted by molar-refractivity contribution is 6.14. The molecule has 0 saturated carbocycles. The molecule has 54 heavy (non-hydrogen) atoms. The zero-order chi connectivity index (χ0) is 35.4. The third-order valence-electron chi connectivity index (χ3n) is 12.0. The maximum absolute atomic E-state index is 2.55. The Bertz CT molecular complexity index is 3120. The number of benzene rings is 9. The van der Waals surface area contributed by atoms with E-state index in [1.165, 1.54) is 82.6 Å². The van der Waals surface area contributed by atoms with Crippen LogP contribution in [0.1, 0.15) is 22.3 Å². The Morgan fingerprint density at radius 3 is 1.85 bits per heavy atom. The first-order valence-corrected chi connectivity index (χ1v) is 18.8. The van der Waals surface area contributed by atoms with E-state index >= 15 is 0 Å². The highest BCUT2D eigenvalue weighted by atomic mass is 15.4. The molecule has 2 aliphatic rings. The van der Waals surface area contributed by atoms with Gasteiger partial charge in [-0.1, -0.05) is 156 Å². The number of para-hydroxylation sites is 2. The van der Waals surface area contributed by atoms with Crippen LogP contribution in [0.5, 0.6) is 0 Å². The molecular formula is C52H33N2+. The molecule has 2 nitrogen and oxygen atoms in total. The third-order valence-corrected chi connectivity index (χ3v) is 12.0. The molecule has 0 N–H and O–H groups in total. The van der Waals surface area contributed by atoms with Crippen molar-refractivity contribution in [3.63, 3.8) is 0 Å². The lowest BCUT2D eigenvalue weighted by Crippen LogP contribution is -2.39. The molecule has 0 saturated heterocycles. The van der Waals surface area contributed by atoms with Crippen molar-refractivity contribution in [2.75, 3.05) is 0 Å². The molecule has 0 bridgehead atoms. The summed E-state index contributed by atoms with van der Waals surface area (Å²) >= 11 is 0. The molecule has 0 unspecified atom stereocenters. The molecule has 1 spiro atoms. The lowest BCUT2D eigenvalue weighted by atomic mass is 9.69. The summed E-state index contributed by atoms with van der Waals surface area (Å²) in [6, 6.07) is 71.9. The van der Waals surface area contributed by atoms with E-state index in [1.807, 2.05) is 0 Å². The summed E-state index contributed by atoms with van der Waals surface area (Å²) in [5.74, 6) is 0. The van der Waals surface area contributed by atoms with Gasteiger partial charge in [0, 0.05) is 12.1 Å². The van der Waals surface area contributed by atoms with Crippen LogP contribution in [0.15, 0.2) is 200 Å². The van der Waals surface area contributed by atoms with Crippen molar-refractivity contribution in [2.45, 2.75) is 5.41 Å². The van der Waals surface area contributed by atoms with E-state index in [4.69, 9.17) is 0 Å². The minimum absolute atomic E-state index is 0.470. The molecule has 1 heterocycles. The molecule has 12 rings (SSSR count). The normalized spacial score (nSPS) is 13.3. The number of fused-ring (bicyclic) bond motifs is 15. The number of nitrogens with zero attached hydrogens (tertiary/aromatic N) is 2. The standard InChI is InChI=1S/C52H33N2/c1-2-18-37(19-3-1)53-33-36-16-5-13-28-49(36)54(53)38-20-14-17-35(31-38)45-32-48-50(43-25-8-7-22-40(43)45)44-30-29-34-15-4-6-21-39(34)51(44)52(48)46-26-11-9-23-41(46)42-24-10-12-27-47(42)52/h1-33H/q+1. The van der Waals surface area contributed by atoms with Gasteiger partial charge in [-0.3, -0.25) is 0 Å². The van der Waals surface area contributed by atoms with Crippen molar-refractivity contribution in [3.8, 4) is 44.8 Å². The predicted octanol–water partition coefficient (Wildman–Crippen LogP) is 12.2. The Labute approximate surface area is 313 Å². The number of rotatable bonds is 3. The van der Waals surface area contributed by atoms with E-state index in [2.05, 4.69) is 210 Å². The Kier molecular flexibility index (Phi) is 6.01. The Morgan fingerprint density at radius 2 is 1.06 bits per heavy atom. The molecule has 250 valence electrons. The van der Waals surface area contributed by atoms with Crippen molar-refractivity contribution in [1.82, 2.24) is 4.68 Å². The van der Waals surface area contributed by atoms with Gasteiger partial charge in [-0.2, -0.15) is 0 Å². The first-order valence-electron chi connectivity index (χ1n) is 18.8. The molecule has 0 aliphatic heterocycles. The Balaban J connectivity index is 1.19. The van der Waals surface area contributed by atoms with Crippen LogP contribution in [-0.4, -0.2) is 4.68 Å². The van der Waals surface area contributed by atoms with Crippen LogP contribution in [0.25, 0.3) is 77.2 Å².